The van der Waals surface area contributed by atoms with Crippen molar-refractivity contribution >= 4 is 21.5 Å². The van der Waals surface area contributed by atoms with Gasteiger partial charge in [-0.15, -0.1) is 0 Å². The summed E-state index contributed by atoms with van der Waals surface area (Å²) in [5.41, 5.74) is 0.559. The van der Waals surface area contributed by atoms with Gasteiger partial charge < -0.3 is 10.4 Å². The van der Waals surface area contributed by atoms with E-state index in [9.17, 15) is 26.4 Å². The summed E-state index contributed by atoms with van der Waals surface area (Å²) in [5.74, 6) is -1.14. The fraction of sp³-hybridized carbons (Fsp3) is 0.462. The summed E-state index contributed by atoms with van der Waals surface area (Å²) in [4.78, 5) is 10.5. The first-order valence-corrected chi connectivity index (χ1v) is 8.28. The van der Waals surface area contributed by atoms with Gasteiger partial charge in [-0.05, 0) is 30.0 Å². The SMILES string of the molecule is CS(=O)(=O)c1cc(CC(=O)O)cc2c1NC(C(F)(F)F)CC2. The zero-order valence-electron chi connectivity index (χ0n) is 11.6. The number of carbonyl (C=O) groups is 1. The average molecular weight is 337 g/mol. The molecule has 0 radical (unpaired) electrons. The van der Waals surface area contributed by atoms with Crippen LogP contribution in [-0.4, -0.2) is 38.0 Å². The Hall–Kier alpha value is -1.77. The molecule has 0 amide bonds. The lowest BCUT2D eigenvalue weighted by Gasteiger charge is -2.30. The normalized spacial score (nSPS) is 18.5. The molecule has 1 aliphatic heterocycles. The van der Waals surface area contributed by atoms with Gasteiger partial charge in [-0.1, -0.05) is 6.07 Å². The molecule has 1 heterocycles. The number of carboxylic acids is 1. The van der Waals surface area contributed by atoms with E-state index in [4.69, 9.17) is 5.11 Å². The predicted molar refractivity (Wildman–Crippen MR) is 72.7 cm³/mol. The summed E-state index contributed by atoms with van der Waals surface area (Å²) >= 11 is 0. The van der Waals surface area contributed by atoms with E-state index in [2.05, 4.69) is 5.32 Å². The second kappa shape index (κ2) is 5.45. The van der Waals surface area contributed by atoms with Crippen molar-refractivity contribution < 1.29 is 31.5 Å². The van der Waals surface area contributed by atoms with E-state index in [0.717, 1.165) is 12.3 Å². The number of halogens is 3. The number of benzene rings is 1. The molecule has 1 aromatic carbocycles. The van der Waals surface area contributed by atoms with Gasteiger partial charge in [0, 0.05) is 6.26 Å². The first kappa shape index (κ1) is 16.6. The zero-order chi connectivity index (χ0) is 16.7. The van der Waals surface area contributed by atoms with Gasteiger partial charge in [0.1, 0.15) is 6.04 Å². The number of nitrogens with one attached hydrogen (secondary N) is 1. The van der Waals surface area contributed by atoms with Crippen LogP contribution in [0.3, 0.4) is 0 Å². The molecule has 0 saturated carbocycles. The summed E-state index contributed by atoms with van der Waals surface area (Å²) in [6, 6.07) is 0.747. The van der Waals surface area contributed by atoms with Crippen LogP contribution in [-0.2, 0) is 27.5 Å². The Kier molecular flexibility index (Phi) is 4.12. The minimum Gasteiger partial charge on any atom is -0.481 e. The van der Waals surface area contributed by atoms with Gasteiger partial charge in [-0.25, -0.2) is 8.42 Å². The third kappa shape index (κ3) is 3.52. The number of fused-ring (bicyclic) bond motifs is 1. The summed E-state index contributed by atoms with van der Waals surface area (Å²) in [6.07, 6.45) is -4.19. The van der Waals surface area contributed by atoms with Crippen molar-refractivity contribution in [2.45, 2.75) is 36.4 Å². The molecule has 0 aromatic heterocycles. The highest BCUT2D eigenvalue weighted by Gasteiger charge is 2.42. The number of aliphatic carboxylic acids is 1. The molecule has 0 bridgehead atoms. The molecule has 1 unspecified atom stereocenters. The molecule has 0 fully saturated rings. The molecular formula is C13H14F3NO4S. The van der Waals surface area contributed by atoms with Crippen LogP contribution >= 0.6 is 0 Å². The average Bonchev–Trinajstić information content (AvgIpc) is 2.34. The quantitative estimate of drug-likeness (QED) is 0.881. The Labute approximate surface area is 125 Å². The van der Waals surface area contributed by atoms with Crippen molar-refractivity contribution in [2.75, 3.05) is 11.6 Å². The van der Waals surface area contributed by atoms with Crippen LogP contribution in [0, 0.1) is 0 Å². The Morgan fingerprint density at radius 2 is 2.05 bits per heavy atom. The smallest absolute Gasteiger partial charge is 0.408 e. The number of alkyl halides is 3. The lowest BCUT2D eigenvalue weighted by Crippen LogP contribution is -2.39. The number of hydrogen-bond donors (Lipinski definition) is 2. The maximum Gasteiger partial charge on any atom is 0.408 e. The Morgan fingerprint density at radius 1 is 1.41 bits per heavy atom. The van der Waals surface area contributed by atoms with E-state index in [1.165, 1.54) is 6.07 Å². The molecule has 1 aromatic rings. The summed E-state index contributed by atoms with van der Waals surface area (Å²) in [7, 11) is -3.79. The third-order valence-electron chi connectivity index (χ3n) is 3.41. The maximum atomic E-state index is 12.8. The first-order chi connectivity index (χ1) is 9.98. The van der Waals surface area contributed by atoms with Crippen molar-refractivity contribution in [2.24, 2.45) is 0 Å². The third-order valence-corrected chi connectivity index (χ3v) is 4.54. The molecular weight excluding hydrogens is 323 g/mol. The Balaban J connectivity index is 2.54. The molecule has 2 N–H and O–H groups in total. The molecule has 1 aliphatic rings. The van der Waals surface area contributed by atoms with E-state index in [-0.39, 0.29) is 29.0 Å². The van der Waals surface area contributed by atoms with Crippen LogP contribution in [0.5, 0.6) is 0 Å². The topological polar surface area (TPSA) is 83.5 Å². The fourth-order valence-corrected chi connectivity index (χ4v) is 3.38. The number of aryl methyl sites for hydroxylation is 1. The first-order valence-electron chi connectivity index (χ1n) is 6.39. The van der Waals surface area contributed by atoms with E-state index >= 15 is 0 Å². The van der Waals surface area contributed by atoms with E-state index < -0.39 is 34.4 Å². The van der Waals surface area contributed by atoms with Gasteiger partial charge in [0.05, 0.1) is 17.0 Å². The van der Waals surface area contributed by atoms with Gasteiger partial charge in [-0.2, -0.15) is 13.2 Å². The Morgan fingerprint density at radius 3 is 2.55 bits per heavy atom. The molecule has 9 heteroatoms. The molecule has 2 rings (SSSR count). The second-order valence-corrected chi connectivity index (χ2v) is 7.23. The highest BCUT2D eigenvalue weighted by Crippen LogP contribution is 2.37. The van der Waals surface area contributed by atoms with Crippen LogP contribution in [0.2, 0.25) is 0 Å². The lowest BCUT2D eigenvalue weighted by atomic mass is 9.95. The van der Waals surface area contributed by atoms with Gasteiger partial charge in [0.25, 0.3) is 0 Å². The van der Waals surface area contributed by atoms with E-state index in [1.807, 2.05) is 0 Å². The summed E-state index contributed by atoms with van der Waals surface area (Å²) in [5, 5.41) is 11.0. The maximum absolute atomic E-state index is 12.8. The monoisotopic (exact) mass is 337 g/mol. The number of sulfone groups is 1. The van der Waals surface area contributed by atoms with E-state index in [0.29, 0.717) is 5.56 Å². The molecule has 1 atom stereocenters. The van der Waals surface area contributed by atoms with Crippen LogP contribution < -0.4 is 5.32 Å². The van der Waals surface area contributed by atoms with Gasteiger partial charge in [0.15, 0.2) is 9.84 Å². The number of carboxylic acid groups (broad SMARTS) is 1. The highest BCUT2D eigenvalue weighted by molar-refractivity contribution is 7.90. The van der Waals surface area contributed by atoms with Crippen molar-refractivity contribution in [3.63, 3.8) is 0 Å². The van der Waals surface area contributed by atoms with Crippen molar-refractivity contribution in [1.29, 1.82) is 0 Å². The van der Waals surface area contributed by atoms with Crippen molar-refractivity contribution in [3.05, 3.63) is 23.3 Å². The predicted octanol–water partition coefficient (Wildman–Crippen LogP) is 2.01. The van der Waals surface area contributed by atoms with E-state index in [1.54, 1.807) is 0 Å². The van der Waals surface area contributed by atoms with Crippen molar-refractivity contribution in [3.8, 4) is 0 Å². The number of hydrogen-bond acceptors (Lipinski definition) is 4. The lowest BCUT2D eigenvalue weighted by molar-refractivity contribution is -0.144. The number of anilines is 1. The van der Waals surface area contributed by atoms with Gasteiger partial charge in [-0.3, -0.25) is 4.79 Å². The molecule has 22 heavy (non-hydrogen) atoms. The van der Waals surface area contributed by atoms with Gasteiger partial charge >= 0.3 is 12.1 Å². The van der Waals surface area contributed by atoms with Crippen molar-refractivity contribution in [1.82, 2.24) is 0 Å². The molecule has 5 nitrogen and oxygen atoms in total. The van der Waals surface area contributed by atoms with Crippen LogP contribution in [0.15, 0.2) is 17.0 Å². The summed E-state index contributed by atoms with van der Waals surface area (Å²) < 4.78 is 62.1. The van der Waals surface area contributed by atoms with Crippen LogP contribution in [0.25, 0.3) is 0 Å². The second-order valence-electron chi connectivity index (χ2n) is 5.25. The molecule has 122 valence electrons. The van der Waals surface area contributed by atoms with Crippen LogP contribution in [0.1, 0.15) is 17.5 Å². The summed E-state index contributed by atoms with van der Waals surface area (Å²) in [6.45, 7) is 0. The number of rotatable bonds is 3. The molecule has 0 spiro atoms. The largest absolute Gasteiger partial charge is 0.481 e. The van der Waals surface area contributed by atoms with Crippen LogP contribution in [0.4, 0.5) is 18.9 Å². The minimum absolute atomic E-state index is 0.0302. The fourth-order valence-electron chi connectivity index (χ4n) is 2.46. The van der Waals surface area contributed by atoms with Gasteiger partial charge in [0.2, 0.25) is 0 Å². The molecule has 0 saturated heterocycles. The zero-order valence-corrected chi connectivity index (χ0v) is 12.4. The standard InChI is InChI=1S/C13H14F3NO4S/c1-22(20,21)9-5-7(6-11(18)19)4-8-2-3-10(13(14,15)16)17-12(8)9/h4-5,10,17H,2-3,6H2,1H3,(H,18,19). The Bertz CT molecular complexity index is 713. The molecule has 0 aliphatic carbocycles. The minimum atomic E-state index is -4.48. The highest BCUT2D eigenvalue weighted by atomic mass is 32.2.